The maximum absolute atomic E-state index is 13.5. The zero-order valence-corrected chi connectivity index (χ0v) is 22.4. The number of nitrogens with one attached hydrogen (secondary N) is 2. The number of nitrogens with zero attached hydrogens (tertiary/aromatic N) is 2. The Kier molecular flexibility index (Phi) is 8.88. The number of benzene rings is 3. The Hall–Kier alpha value is -4.02. The molecule has 3 aromatic carbocycles. The number of hydrogen-bond acceptors (Lipinski definition) is 5. The highest BCUT2D eigenvalue weighted by atomic mass is 79.9. The van der Waals surface area contributed by atoms with E-state index in [1.165, 1.54) is 4.57 Å². The van der Waals surface area contributed by atoms with Crippen LogP contribution in [0, 0.1) is 0 Å². The molecular weight excluding hydrogens is 552 g/mol. The third-order valence-corrected chi connectivity index (χ3v) is 6.46. The van der Waals surface area contributed by atoms with E-state index in [1.807, 2.05) is 0 Å². The van der Waals surface area contributed by atoms with Crippen molar-refractivity contribution >= 4 is 44.3 Å². The summed E-state index contributed by atoms with van der Waals surface area (Å²) >= 11 is 3.36. The van der Waals surface area contributed by atoms with Crippen molar-refractivity contribution in [3.8, 4) is 0 Å². The third-order valence-electron chi connectivity index (χ3n) is 5.93. The summed E-state index contributed by atoms with van der Waals surface area (Å²) in [7, 11) is 1.61. The van der Waals surface area contributed by atoms with E-state index in [4.69, 9.17) is 4.74 Å². The van der Waals surface area contributed by atoms with Gasteiger partial charge in [0.05, 0.1) is 17.4 Å². The SMILES string of the molecule is COCCCNC(=O)c1ccc(Cn2c(=O)c3ccccc3n(CC(=O)Nc3ccc(Br)cc3)c2=O)cc1. The molecule has 2 N–H and O–H groups in total. The summed E-state index contributed by atoms with van der Waals surface area (Å²) in [6, 6.07) is 20.5. The van der Waals surface area contributed by atoms with E-state index >= 15 is 0 Å². The average molecular weight is 579 g/mol. The minimum absolute atomic E-state index is 0.00737. The summed E-state index contributed by atoms with van der Waals surface area (Å²) in [4.78, 5) is 51.8. The van der Waals surface area contributed by atoms with E-state index in [2.05, 4.69) is 26.6 Å². The molecule has 2 amide bonds. The van der Waals surface area contributed by atoms with Crippen molar-refractivity contribution in [3.63, 3.8) is 0 Å². The summed E-state index contributed by atoms with van der Waals surface area (Å²) in [6.07, 6.45) is 0.707. The lowest BCUT2D eigenvalue weighted by Gasteiger charge is -2.14. The molecule has 1 aromatic heterocycles. The van der Waals surface area contributed by atoms with Gasteiger partial charge < -0.3 is 15.4 Å². The second-order valence-electron chi connectivity index (χ2n) is 8.63. The van der Waals surface area contributed by atoms with Crippen LogP contribution in [-0.4, -0.2) is 41.2 Å². The van der Waals surface area contributed by atoms with Crippen LogP contribution >= 0.6 is 15.9 Å². The van der Waals surface area contributed by atoms with Crippen molar-refractivity contribution in [2.75, 3.05) is 25.6 Å². The van der Waals surface area contributed by atoms with E-state index in [-0.39, 0.29) is 19.0 Å². The third kappa shape index (κ3) is 6.45. The molecule has 38 heavy (non-hydrogen) atoms. The lowest BCUT2D eigenvalue weighted by molar-refractivity contribution is -0.116. The molecule has 1 heterocycles. The van der Waals surface area contributed by atoms with Crippen molar-refractivity contribution in [2.45, 2.75) is 19.5 Å². The molecule has 0 radical (unpaired) electrons. The molecule has 0 spiro atoms. The first kappa shape index (κ1) is 27.0. The predicted octanol–water partition coefficient (Wildman–Crippen LogP) is 3.38. The van der Waals surface area contributed by atoms with Crippen LogP contribution in [0.15, 0.2) is 86.9 Å². The molecule has 0 aliphatic carbocycles. The molecule has 0 bridgehead atoms. The first-order valence-corrected chi connectivity index (χ1v) is 12.8. The van der Waals surface area contributed by atoms with Crippen LogP contribution in [0.5, 0.6) is 0 Å². The summed E-state index contributed by atoms with van der Waals surface area (Å²) in [5.74, 6) is -0.611. The first-order chi connectivity index (χ1) is 18.4. The molecule has 0 unspecified atom stereocenters. The zero-order valence-electron chi connectivity index (χ0n) is 20.8. The van der Waals surface area contributed by atoms with Crippen molar-refractivity contribution in [1.29, 1.82) is 0 Å². The number of rotatable bonds is 10. The van der Waals surface area contributed by atoms with Gasteiger partial charge in [-0.15, -0.1) is 0 Å². The Bertz CT molecular complexity index is 1560. The maximum Gasteiger partial charge on any atom is 0.332 e. The second-order valence-corrected chi connectivity index (χ2v) is 9.55. The van der Waals surface area contributed by atoms with E-state index in [9.17, 15) is 19.2 Å². The standard InChI is InChI=1S/C28H27BrN4O5/c1-38-16-4-15-30-26(35)20-9-7-19(8-10-20)17-33-27(36)23-5-2-3-6-24(23)32(28(33)37)18-25(34)31-22-13-11-21(29)12-14-22/h2-3,5-14H,4,15-18H2,1H3,(H,30,35)(H,31,34). The molecule has 4 aromatic rings. The molecule has 10 heteroatoms. The van der Waals surface area contributed by atoms with Gasteiger partial charge in [0.15, 0.2) is 0 Å². The van der Waals surface area contributed by atoms with E-state index in [0.717, 1.165) is 9.04 Å². The van der Waals surface area contributed by atoms with Gasteiger partial charge in [0.1, 0.15) is 6.54 Å². The number of ether oxygens (including phenoxy) is 1. The Morgan fingerprint density at radius 2 is 1.63 bits per heavy atom. The fraction of sp³-hybridized carbons (Fsp3) is 0.214. The number of aromatic nitrogens is 2. The summed E-state index contributed by atoms with van der Waals surface area (Å²) in [5.41, 5.74) is 1.06. The second kappa shape index (κ2) is 12.5. The van der Waals surface area contributed by atoms with Crippen molar-refractivity contribution in [3.05, 3.63) is 109 Å². The number of hydrogen-bond donors (Lipinski definition) is 2. The van der Waals surface area contributed by atoms with Gasteiger partial charge >= 0.3 is 5.69 Å². The van der Waals surface area contributed by atoms with Crippen LogP contribution in [0.3, 0.4) is 0 Å². The van der Waals surface area contributed by atoms with E-state index in [0.29, 0.717) is 47.3 Å². The quantitative estimate of drug-likeness (QED) is 0.280. The Morgan fingerprint density at radius 3 is 2.34 bits per heavy atom. The number of para-hydroxylation sites is 1. The summed E-state index contributed by atoms with van der Waals surface area (Å²) < 4.78 is 8.26. The fourth-order valence-electron chi connectivity index (χ4n) is 4.01. The Balaban J connectivity index is 1.58. The van der Waals surface area contributed by atoms with Crippen LogP contribution < -0.4 is 21.9 Å². The highest BCUT2D eigenvalue weighted by Crippen LogP contribution is 2.15. The van der Waals surface area contributed by atoms with Gasteiger partial charge in [0.2, 0.25) is 5.91 Å². The molecule has 196 valence electrons. The number of anilines is 1. The summed E-state index contributed by atoms with van der Waals surface area (Å²) in [6.45, 7) is 0.781. The van der Waals surface area contributed by atoms with Crippen LogP contribution in [-0.2, 0) is 22.6 Å². The normalized spacial score (nSPS) is 10.9. The molecule has 0 aliphatic rings. The Labute approximate surface area is 227 Å². The van der Waals surface area contributed by atoms with Crippen molar-refractivity contribution < 1.29 is 14.3 Å². The van der Waals surface area contributed by atoms with Gasteiger partial charge in [-0.1, -0.05) is 40.2 Å². The van der Waals surface area contributed by atoms with Gasteiger partial charge in [-0.25, -0.2) is 4.79 Å². The minimum Gasteiger partial charge on any atom is -0.385 e. The lowest BCUT2D eigenvalue weighted by atomic mass is 10.1. The van der Waals surface area contributed by atoms with Crippen molar-refractivity contribution in [2.24, 2.45) is 0 Å². The van der Waals surface area contributed by atoms with Gasteiger partial charge in [-0.05, 0) is 60.5 Å². The van der Waals surface area contributed by atoms with Crippen LogP contribution in [0.1, 0.15) is 22.3 Å². The van der Waals surface area contributed by atoms with E-state index < -0.39 is 17.2 Å². The predicted molar refractivity (Wildman–Crippen MR) is 150 cm³/mol. The van der Waals surface area contributed by atoms with Crippen LogP contribution in [0.4, 0.5) is 5.69 Å². The molecule has 9 nitrogen and oxygen atoms in total. The summed E-state index contributed by atoms with van der Waals surface area (Å²) in [5, 5.41) is 5.93. The monoisotopic (exact) mass is 578 g/mol. The van der Waals surface area contributed by atoms with Gasteiger partial charge in [-0.3, -0.25) is 23.5 Å². The molecule has 0 saturated carbocycles. The number of fused-ring (bicyclic) bond motifs is 1. The number of amides is 2. The molecule has 0 atom stereocenters. The fourth-order valence-corrected chi connectivity index (χ4v) is 4.27. The molecule has 4 rings (SSSR count). The van der Waals surface area contributed by atoms with E-state index in [1.54, 1.807) is 79.9 Å². The molecule has 0 saturated heterocycles. The number of carbonyl (C=O) groups excluding carboxylic acids is 2. The molecule has 0 aliphatic heterocycles. The first-order valence-electron chi connectivity index (χ1n) is 12.0. The maximum atomic E-state index is 13.5. The average Bonchev–Trinajstić information content (AvgIpc) is 2.93. The van der Waals surface area contributed by atoms with Crippen molar-refractivity contribution in [1.82, 2.24) is 14.5 Å². The molecular formula is C28H27BrN4O5. The number of halogens is 1. The number of methoxy groups -OCH3 is 1. The van der Waals surface area contributed by atoms with Gasteiger partial charge in [0.25, 0.3) is 11.5 Å². The minimum atomic E-state index is -0.598. The van der Waals surface area contributed by atoms with Crippen LogP contribution in [0.25, 0.3) is 10.9 Å². The van der Waals surface area contributed by atoms with Crippen LogP contribution in [0.2, 0.25) is 0 Å². The largest absolute Gasteiger partial charge is 0.385 e. The highest BCUT2D eigenvalue weighted by Gasteiger charge is 2.16. The number of carbonyl (C=O) groups is 2. The molecule has 0 fully saturated rings. The topological polar surface area (TPSA) is 111 Å². The smallest absolute Gasteiger partial charge is 0.332 e. The Morgan fingerprint density at radius 1 is 0.921 bits per heavy atom. The van der Waals surface area contributed by atoms with Gasteiger partial charge in [-0.2, -0.15) is 0 Å². The lowest BCUT2D eigenvalue weighted by Crippen LogP contribution is -2.42. The van der Waals surface area contributed by atoms with Gasteiger partial charge in [0, 0.05) is 36.0 Å². The highest BCUT2D eigenvalue weighted by molar-refractivity contribution is 9.10. The zero-order chi connectivity index (χ0) is 27.1.